The molecule has 2 N–H and O–H groups in total. The molecule has 0 aliphatic heterocycles. The van der Waals surface area contributed by atoms with Gasteiger partial charge in [0.05, 0.1) is 0 Å². The Bertz CT molecular complexity index is 347. The smallest absolute Gasteiger partial charge is 0.135 e. The molecule has 0 spiro atoms. The fraction of sp³-hybridized carbons (Fsp3) is 0.692. The van der Waals surface area contributed by atoms with E-state index in [0.717, 1.165) is 24.6 Å². The first kappa shape index (κ1) is 13.7. The van der Waals surface area contributed by atoms with E-state index in [1.165, 1.54) is 5.56 Å². The second kappa shape index (κ2) is 6.42. The number of anilines is 2. The highest BCUT2D eigenvalue weighted by Crippen LogP contribution is 2.28. The molecule has 0 unspecified atom stereocenters. The van der Waals surface area contributed by atoms with Crippen molar-refractivity contribution in [2.45, 2.75) is 53.0 Å². The lowest BCUT2D eigenvalue weighted by molar-refractivity contribution is 0.821. The van der Waals surface area contributed by atoms with Gasteiger partial charge in [0.25, 0.3) is 0 Å². The van der Waals surface area contributed by atoms with Gasteiger partial charge in [0.15, 0.2) is 0 Å². The normalized spacial score (nSPS) is 11.0. The lowest BCUT2D eigenvalue weighted by Crippen LogP contribution is -2.16. The molecule has 0 aliphatic rings. The van der Waals surface area contributed by atoms with Crippen molar-refractivity contribution in [2.75, 3.05) is 17.2 Å². The van der Waals surface area contributed by atoms with Gasteiger partial charge in [0.1, 0.15) is 18.0 Å². The second-order valence-corrected chi connectivity index (χ2v) is 4.87. The summed E-state index contributed by atoms with van der Waals surface area (Å²) in [6.07, 6.45) is 2.71. The van der Waals surface area contributed by atoms with Gasteiger partial charge in [-0.05, 0) is 26.2 Å². The van der Waals surface area contributed by atoms with Crippen molar-refractivity contribution in [3.05, 3.63) is 11.9 Å². The Hall–Kier alpha value is -1.32. The van der Waals surface area contributed by atoms with E-state index in [0.29, 0.717) is 12.0 Å². The van der Waals surface area contributed by atoms with Gasteiger partial charge in [0, 0.05) is 18.2 Å². The Morgan fingerprint density at radius 2 is 1.76 bits per heavy atom. The summed E-state index contributed by atoms with van der Waals surface area (Å²) in [5, 5.41) is 6.75. The predicted octanol–water partition coefficient (Wildman–Crippen LogP) is 3.24. The Morgan fingerprint density at radius 3 is 2.29 bits per heavy atom. The number of hydrogen-bond acceptors (Lipinski definition) is 4. The second-order valence-electron chi connectivity index (χ2n) is 4.87. The monoisotopic (exact) mass is 236 g/mol. The third kappa shape index (κ3) is 3.88. The minimum absolute atomic E-state index is 0.376. The van der Waals surface area contributed by atoms with Crippen molar-refractivity contribution in [3.63, 3.8) is 0 Å². The van der Waals surface area contributed by atoms with Gasteiger partial charge in [-0.2, -0.15) is 0 Å². The number of rotatable bonds is 6. The van der Waals surface area contributed by atoms with Crippen molar-refractivity contribution in [1.29, 1.82) is 0 Å². The van der Waals surface area contributed by atoms with E-state index >= 15 is 0 Å². The van der Waals surface area contributed by atoms with Crippen LogP contribution in [0, 0.1) is 0 Å². The fourth-order valence-corrected chi connectivity index (χ4v) is 1.72. The number of nitrogens with zero attached hydrogens (tertiary/aromatic N) is 2. The third-order valence-electron chi connectivity index (χ3n) is 2.43. The Labute approximate surface area is 104 Å². The van der Waals surface area contributed by atoms with Crippen LogP contribution in [0.2, 0.25) is 0 Å². The van der Waals surface area contributed by atoms with Crippen LogP contribution < -0.4 is 10.6 Å². The summed E-state index contributed by atoms with van der Waals surface area (Å²) in [5.74, 6) is 2.31. The molecule has 96 valence electrons. The molecule has 4 heteroatoms. The van der Waals surface area contributed by atoms with Crippen LogP contribution in [0.4, 0.5) is 11.6 Å². The minimum atomic E-state index is 0.376. The van der Waals surface area contributed by atoms with E-state index in [2.05, 4.69) is 55.2 Å². The molecule has 0 fully saturated rings. The molecule has 1 heterocycles. The minimum Gasteiger partial charge on any atom is -0.370 e. The standard InChI is InChI=1S/C13H24N4/c1-6-7-14-12-11(9(2)3)13(16-8-15-12)17-10(4)5/h8-10H,6-7H2,1-5H3,(H2,14,15,16,17). The Kier molecular flexibility index (Phi) is 5.19. The molecule has 0 amide bonds. The van der Waals surface area contributed by atoms with Crippen molar-refractivity contribution in [1.82, 2.24) is 9.97 Å². The zero-order valence-corrected chi connectivity index (χ0v) is 11.5. The molecule has 0 radical (unpaired) electrons. The van der Waals surface area contributed by atoms with E-state index in [1.54, 1.807) is 6.33 Å². The Morgan fingerprint density at radius 1 is 1.12 bits per heavy atom. The molecule has 1 aromatic rings. The summed E-state index contributed by atoms with van der Waals surface area (Å²) in [6, 6.07) is 0.376. The van der Waals surface area contributed by atoms with Crippen LogP contribution in [0.15, 0.2) is 6.33 Å². The Balaban J connectivity index is 3.03. The number of hydrogen-bond donors (Lipinski definition) is 2. The molecule has 0 aromatic carbocycles. The molecule has 0 aliphatic carbocycles. The maximum Gasteiger partial charge on any atom is 0.135 e. The topological polar surface area (TPSA) is 49.8 Å². The maximum absolute atomic E-state index is 4.35. The van der Waals surface area contributed by atoms with Gasteiger partial charge in [0.2, 0.25) is 0 Å². The van der Waals surface area contributed by atoms with Crippen molar-refractivity contribution >= 4 is 11.6 Å². The molecule has 1 rings (SSSR count). The molecule has 0 bridgehead atoms. The summed E-state index contributed by atoms with van der Waals surface area (Å²) < 4.78 is 0. The van der Waals surface area contributed by atoms with Crippen LogP contribution >= 0.6 is 0 Å². The first-order valence-corrected chi connectivity index (χ1v) is 6.41. The average Bonchev–Trinajstić information content (AvgIpc) is 2.25. The zero-order valence-electron chi connectivity index (χ0n) is 11.5. The zero-order chi connectivity index (χ0) is 12.8. The van der Waals surface area contributed by atoms with E-state index in [4.69, 9.17) is 0 Å². The molecule has 17 heavy (non-hydrogen) atoms. The van der Waals surface area contributed by atoms with Crippen LogP contribution in [0.5, 0.6) is 0 Å². The van der Waals surface area contributed by atoms with Gasteiger partial charge in [-0.15, -0.1) is 0 Å². The summed E-state index contributed by atoms with van der Waals surface area (Å²) >= 11 is 0. The number of aromatic nitrogens is 2. The molecule has 4 nitrogen and oxygen atoms in total. The summed E-state index contributed by atoms with van der Waals surface area (Å²) in [6.45, 7) is 11.7. The van der Waals surface area contributed by atoms with E-state index in [1.807, 2.05) is 0 Å². The van der Waals surface area contributed by atoms with Gasteiger partial charge in [-0.25, -0.2) is 9.97 Å². The first-order chi connectivity index (χ1) is 8.06. The molecule has 0 saturated carbocycles. The summed E-state index contributed by atoms with van der Waals surface area (Å²) in [4.78, 5) is 8.69. The van der Waals surface area contributed by atoms with Crippen molar-refractivity contribution in [2.24, 2.45) is 0 Å². The van der Waals surface area contributed by atoms with Crippen LogP contribution in [-0.4, -0.2) is 22.6 Å². The molecule has 1 aromatic heterocycles. The lowest BCUT2D eigenvalue weighted by Gasteiger charge is -2.19. The van der Waals surface area contributed by atoms with Crippen molar-refractivity contribution in [3.8, 4) is 0 Å². The number of nitrogens with one attached hydrogen (secondary N) is 2. The SMILES string of the molecule is CCCNc1ncnc(NC(C)C)c1C(C)C. The highest BCUT2D eigenvalue weighted by molar-refractivity contribution is 5.59. The molecule has 0 atom stereocenters. The van der Waals surface area contributed by atoms with Gasteiger partial charge in [-0.1, -0.05) is 20.8 Å². The largest absolute Gasteiger partial charge is 0.370 e. The average molecular weight is 236 g/mol. The van der Waals surface area contributed by atoms with Gasteiger partial charge >= 0.3 is 0 Å². The van der Waals surface area contributed by atoms with Crippen LogP contribution in [0.1, 0.15) is 52.5 Å². The molecular formula is C13H24N4. The summed E-state index contributed by atoms with van der Waals surface area (Å²) in [5.41, 5.74) is 1.18. The van der Waals surface area contributed by atoms with Crippen molar-refractivity contribution < 1.29 is 0 Å². The van der Waals surface area contributed by atoms with Gasteiger partial charge < -0.3 is 10.6 Å². The summed E-state index contributed by atoms with van der Waals surface area (Å²) in [7, 11) is 0. The van der Waals surface area contributed by atoms with Crippen LogP contribution in [0.25, 0.3) is 0 Å². The van der Waals surface area contributed by atoms with E-state index in [9.17, 15) is 0 Å². The van der Waals surface area contributed by atoms with E-state index < -0.39 is 0 Å². The third-order valence-corrected chi connectivity index (χ3v) is 2.43. The predicted molar refractivity (Wildman–Crippen MR) is 73.7 cm³/mol. The fourth-order valence-electron chi connectivity index (χ4n) is 1.72. The first-order valence-electron chi connectivity index (χ1n) is 6.41. The molecular weight excluding hydrogens is 212 g/mol. The van der Waals surface area contributed by atoms with Gasteiger partial charge in [-0.3, -0.25) is 0 Å². The lowest BCUT2D eigenvalue weighted by atomic mass is 10.0. The van der Waals surface area contributed by atoms with E-state index in [-0.39, 0.29) is 0 Å². The quantitative estimate of drug-likeness (QED) is 0.796. The highest BCUT2D eigenvalue weighted by Gasteiger charge is 2.14. The van der Waals surface area contributed by atoms with Crippen LogP contribution in [0.3, 0.4) is 0 Å². The van der Waals surface area contributed by atoms with Crippen LogP contribution in [-0.2, 0) is 0 Å². The maximum atomic E-state index is 4.35. The molecule has 0 saturated heterocycles. The highest BCUT2D eigenvalue weighted by atomic mass is 15.1.